The first-order valence-electron chi connectivity index (χ1n) is 11.6. The molecule has 1 aliphatic carbocycles. The van der Waals surface area contributed by atoms with Gasteiger partial charge in [-0.2, -0.15) is 0 Å². The Morgan fingerprint density at radius 1 is 1.00 bits per heavy atom. The first kappa shape index (κ1) is 26.1. The normalized spacial score (nSPS) is 15.1. The monoisotopic (exact) mass is 498 g/mol. The zero-order valence-electron chi connectivity index (χ0n) is 19.8. The largest absolute Gasteiger partial charge is 0.453 e. The number of nitrogens with one attached hydrogen (secondary N) is 3. The summed E-state index contributed by atoms with van der Waals surface area (Å²) in [6.45, 7) is 1.66. The molecule has 0 bridgehead atoms. The molecular formula is C25H30N4O5S. The van der Waals surface area contributed by atoms with Crippen LogP contribution in [0.2, 0.25) is 0 Å². The van der Waals surface area contributed by atoms with Gasteiger partial charge in [0.05, 0.1) is 29.3 Å². The predicted molar refractivity (Wildman–Crippen MR) is 134 cm³/mol. The molecule has 35 heavy (non-hydrogen) atoms. The highest BCUT2D eigenvalue weighted by atomic mass is 32.2. The van der Waals surface area contributed by atoms with Gasteiger partial charge in [0.2, 0.25) is 17.8 Å². The lowest BCUT2D eigenvalue weighted by Crippen LogP contribution is -2.43. The second-order valence-corrected chi connectivity index (χ2v) is 9.54. The number of guanidine groups is 1. The van der Waals surface area contributed by atoms with Gasteiger partial charge in [0.1, 0.15) is 0 Å². The minimum Gasteiger partial charge on any atom is -0.453 e. The van der Waals surface area contributed by atoms with Crippen LogP contribution in [0, 0.1) is 5.92 Å². The highest BCUT2D eigenvalue weighted by molar-refractivity contribution is 7.85. The molecule has 3 amide bonds. The van der Waals surface area contributed by atoms with Crippen molar-refractivity contribution in [3.05, 3.63) is 48.5 Å². The molecule has 2 aromatic carbocycles. The number of anilines is 1. The van der Waals surface area contributed by atoms with Crippen LogP contribution in [-0.2, 0) is 25.1 Å². The summed E-state index contributed by atoms with van der Waals surface area (Å²) in [4.78, 5) is 42.2. The van der Waals surface area contributed by atoms with Crippen molar-refractivity contribution in [3.8, 4) is 0 Å². The predicted octanol–water partition coefficient (Wildman–Crippen LogP) is 4.24. The van der Waals surface area contributed by atoms with E-state index in [0.717, 1.165) is 32.1 Å². The molecule has 3 rings (SSSR count). The quantitative estimate of drug-likeness (QED) is 0.406. The molecule has 0 heterocycles. The third-order valence-electron chi connectivity index (χ3n) is 5.59. The summed E-state index contributed by atoms with van der Waals surface area (Å²) in [5.41, 5.74) is 0.614. The second-order valence-electron chi connectivity index (χ2n) is 8.06. The van der Waals surface area contributed by atoms with E-state index in [1.54, 1.807) is 49.4 Å². The van der Waals surface area contributed by atoms with Gasteiger partial charge in [-0.25, -0.2) is 14.0 Å². The highest BCUT2D eigenvalue weighted by Gasteiger charge is 2.22. The number of rotatable bonds is 6. The molecule has 2 aromatic rings. The second kappa shape index (κ2) is 12.8. The molecule has 1 aliphatic rings. The smallest absolute Gasteiger partial charge is 0.413 e. The number of benzene rings is 2. The third-order valence-corrected chi connectivity index (χ3v) is 6.97. The van der Waals surface area contributed by atoms with Crippen molar-refractivity contribution in [2.75, 3.05) is 12.4 Å². The lowest BCUT2D eigenvalue weighted by Gasteiger charge is -2.21. The Labute approximate surface area is 207 Å². The Hall–Kier alpha value is -3.53. The molecule has 0 aliphatic heterocycles. The molecule has 3 N–H and O–H groups in total. The number of ether oxygens (including phenoxy) is 1. The molecule has 9 nitrogen and oxygen atoms in total. The van der Waals surface area contributed by atoms with Crippen LogP contribution in [0.15, 0.2) is 63.3 Å². The molecule has 10 heteroatoms. The Morgan fingerprint density at radius 3 is 2.37 bits per heavy atom. The third kappa shape index (κ3) is 7.48. The molecule has 1 atom stereocenters. The van der Waals surface area contributed by atoms with Gasteiger partial charge < -0.3 is 10.1 Å². The molecule has 1 saturated carbocycles. The van der Waals surface area contributed by atoms with Gasteiger partial charge in [0.15, 0.2) is 0 Å². The number of carbonyl (C=O) groups is 3. The number of carbonyl (C=O) groups excluding carboxylic acids is 3. The molecule has 1 unspecified atom stereocenters. The molecular weight excluding hydrogens is 468 g/mol. The maximum Gasteiger partial charge on any atom is 0.413 e. The van der Waals surface area contributed by atoms with Gasteiger partial charge in [-0.1, -0.05) is 44.4 Å². The summed E-state index contributed by atoms with van der Waals surface area (Å²) in [6.07, 6.45) is 4.12. The van der Waals surface area contributed by atoms with Crippen LogP contribution in [0.4, 0.5) is 16.2 Å². The number of hydrogen-bond acceptors (Lipinski definition) is 6. The summed E-state index contributed by atoms with van der Waals surface area (Å²) in [5, 5.41) is 7.81. The van der Waals surface area contributed by atoms with Crippen molar-refractivity contribution in [1.29, 1.82) is 0 Å². The van der Waals surface area contributed by atoms with Gasteiger partial charge in [-0.15, -0.1) is 0 Å². The summed E-state index contributed by atoms with van der Waals surface area (Å²) in [6, 6.07) is 13.8. The first-order chi connectivity index (χ1) is 16.9. The van der Waals surface area contributed by atoms with Gasteiger partial charge in [0.25, 0.3) is 0 Å². The van der Waals surface area contributed by atoms with E-state index < -0.39 is 16.9 Å². The Morgan fingerprint density at radius 2 is 1.71 bits per heavy atom. The molecule has 0 saturated heterocycles. The van der Waals surface area contributed by atoms with E-state index in [1.165, 1.54) is 7.11 Å². The maximum absolute atomic E-state index is 13.1. The van der Waals surface area contributed by atoms with Gasteiger partial charge >= 0.3 is 6.09 Å². The van der Waals surface area contributed by atoms with Crippen molar-refractivity contribution >= 4 is 46.0 Å². The van der Waals surface area contributed by atoms with Crippen LogP contribution in [0.3, 0.4) is 0 Å². The fraction of sp³-hybridized carbons (Fsp3) is 0.360. The van der Waals surface area contributed by atoms with E-state index in [1.807, 2.05) is 6.07 Å². The Bertz CT molecular complexity index is 1090. The van der Waals surface area contributed by atoms with E-state index in [0.29, 0.717) is 15.5 Å². The SMILES string of the molecule is CCC(=O)NC(=Nc1cc(S(=O)c2ccccc2)ccc1NC(=O)C1CCCCC1)NC(=O)OC. The standard InChI is InChI=1S/C25H30N4O5S/c1-3-22(30)28-24(29-25(32)34-2)27-21-16-19(35(33)18-12-8-5-9-13-18)14-15-20(21)26-23(31)17-10-6-4-7-11-17/h5,8-9,12-17H,3-4,6-7,10-11H2,1-2H3,(H,26,31)(H2,27,28,29,30,32). The van der Waals surface area contributed by atoms with Crippen LogP contribution in [0.1, 0.15) is 45.4 Å². The number of alkyl carbamates (subject to hydrolysis) is 1. The number of nitrogens with zero attached hydrogens (tertiary/aromatic N) is 1. The van der Waals surface area contributed by atoms with Gasteiger partial charge in [0, 0.05) is 22.1 Å². The van der Waals surface area contributed by atoms with Gasteiger partial charge in [-0.05, 0) is 43.2 Å². The van der Waals surface area contributed by atoms with Crippen LogP contribution < -0.4 is 16.0 Å². The molecule has 186 valence electrons. The van der Waals surface area contributed by atoms with Crippen molar-refractivity contribution in [2.45, 2.75) is 55.2 Å². The topological polar surface area (TPSA) is 126 Å². The summed E-state index contributed by atoms with van der Waals surface area (Å²) < 4.78 is 17.8. The number of aliphatic imine (C=N–C) groups is 1. The van der Waals surface area contributed by atoms with E-state index in [9.17, 15) is 18.6 Å². The van der Waals surface area contributed by atoms with Crippen molar-refractivity contribution in [2.24, 2.45) is 10.9 Å². The van der Waals surface area contributed by atoms with Crippen molar-refractivity contribution in [1.82, 2.24) is 10.6 Å². The summed E-state index contributed by atoms with van der Waals surface area (Å²) >= 11 is 0. The average molecular weight is 499 g/mol. The molecule has 0 radical (unpaired) electrons. The Balaban J connectivity index is 2.00. The maximum atomic E-state index is 13.1. The minimum absolute atomic E-state index is 0.0915. The zero-order valence-corrected chi connectivity index (χ0v) is 20.7. The van der Waals surface area contributed by atoms with E-state index in [-0.39, 0.29) is 35.8 Å². The highest BCUT2D eigenvalue weighted by Crippen LogP contribution is 2.31. The molecule has 0 aromatic heterocycles. The fourth-order valence-corrected chi connectivity index (χ4v) is 4.77. The van der Waals surface area contributed by atoms with Crippen molar-refractivity contribution < 1.29 is 23.3 Å². The van der Waals surface area contributed by atoms with E-state index in [2.05, 4.69) is 25.7 Å². The van der Waals surface area contributed by atoms with Crippen LogP contribution in [0.5, 0.6) is 0 Å². The van der Waals surface area contributed by atoms with E-state index in [4.69, 9.17) is 0 Å². The number of methoxy groups -OCH3 is 1. The summed E-state index contributed by atoms with van der Waals surface area (Å²) in [7, 11) is -0.315. The Kier molecular flexibility index (Phi) is 9.54. The number of hydrogen-bond donors (Lipinski definition) is 3. The molecule has 0 spiro atoms. The minimum atomic E-state index is -1.50. The molecule has 1 fully saturated rings. The lowest BCUT2D eigenvalue weighted by molar-refractivity contribution is -0.121. The zero-order chi connectivity index (χ0) is 25.2. The van der Waals surface area contributed by atoms with Gasteiger partial charge in [-0.3, -0.25) is 20.2 Å². The van der Waals surface area contributed by atoms with Crippen molar-refractivity contribution in [3.63, 3.8) is 0 Å². The van der Waals surface area contributed by atoms with Crippen LogP contribution in [-0.4, -0.2) is 35.2 Å². The number of amides is 3. The van der Waals surface area contributed by atoms with Crippen LogP contribution in [0.25, 0.3) is 0 Å². The fourth-order valence-electron chi connectivity index (χ4n) is 3.68. The van der Waals surface area contributed by atoms with Crippen LogP contribution >= 0.6 is 0 Å². The van der Waals surface area contributed by atoms with E-state index >= 15 is 0 Å². The lowest BCUT2D eigenvalue weighted by atomic mass is 9.88. The average Bonchev–Trinajstić information content (AvgIpc) is 2.89. The first-order valence-corrected chi connectivity index (χ1v) is 12.7. The summed E-state index contributed by atoms with van der Waals surface area (Å²) in [5.74, 6) is -0.749.